The van der Waals surface area contributed by atoms with Gasteiger partial charge in [0.15, 0.2) is 5.82 Å². The van der Waals surface area contributed by atoms with Crippen LogP contribution < -0.4 is 5.32 Å². The Morgan fingerprint density at radius 3 is 2.56 bits per heavy atom. The van der Waals surface area contributed by atoms with Crippen molar-refractivity contribution in [1.82, 2.24) is 15.5 Å². The topological polar surface area (TPSA) is 68.0 Å². The van der Waals surface area contributed by atoms with Crippen molar-refractivity contribution in [2.24, 2.45) is 0 Å². The van der Waals surface area contributed by atoms with Gasteiger partial charge in [-0.25, -0.2) is 0 Å². The summed E-state index contributed by atoms with van der Waals surface area (Å²) < 4.78 is 5.32. The van der Waals surface area contributed by atoms with Crippen LogP contribution in [0.1, 0.15) is 75.0 Å². The van der Waals surface area contributed by atoms with E-state index in [1.165, 1.54) is 25.7 Å². The molecule has 2 aliphatic rings. The maximum absolute atomic E-state index is 11.2. The van der Waals surface area contributed by atoms with Gasteiger partial charge in [-0.05, 0) is 19.3 Å². The molecule has 5 heteroatoms. The molecule has 1 unspecified atom stereocenters. The van der Waals surface area contributed by atoms with Crippen molar-refractivity contribution in [2.45, 2.75) is 63.3 Å². The molecule has 0 bridgehead atoms. The van der Waals surface area contributed by atoms with Crippen LogP contribution in [0.2, 0.25) is 0 Å². The summed E-state index contributed by atoms with van der Waals surface area (Å²) in [6.07, 6.45) is 8.81. The van der Waals surface area contributed by atoms with Gasteiger partial charge in [0.25, 0.3) is 0 Å². The van der Waals surface area contributed by atoms with Crippen molar-refractivity contribution < 1.29 is 9.32 Å². The Morgan fingerprint density at radius 1 is 1.11 bits per heavy atom. The fraction of sp³-hybridized carbons (Fsp3) is 0.769. The van der Waals surface area contributed by atoms with Crippen LogP contribution in [0.3, 0.4) is 0 Å². The molecule has 1 saturated heterocycles. The van der Waals surface area contributed by atoms with Gasteiger partial charge in [0.05, 0.1) is 0 Å². The standard InChI is InChI=1S/C13H19N3O2/c17-11-8-7-10(14-11)13-15-12(16-18-13)9-5-3-1-2-4-6-9/h9-10H,1-8H2,(H,14,17). The van der Waals surface area contributed by atoms with Gasteiger partial charge in [0.2, 0.25) is 11.8 Å². The average molecular weight is 249 g/mol. The van der Waals surface area contributed by atoms with E-state index in [0.29, 0.717) is 18.2 Å². The second-order valence-corrected chi connectivity index (χ2v) is 5.34. The molecule has 0 aromatic carbocycles. The molecule has 0 radical (unpaired) electrons. The molecule has 2 heterocycles. The summed E-state index contributed by atoms with van der Waals surface area (Å²) in [5, 5.41) is 6.98. The van der Waals surface area contributed by atoms with E-state index in [4.69, 9.17) is 4.52 Å². The van der Waals surface area contributed by atoms with Crippen LogP contribution in [0.15, 0.2) is 4.52 Å². The lowest BCUT2D eigenvalue weighted by atomic mass is 10.00. The van der Waals surface area contributed by atoms with Gasteiger partial charge in [-0.2, -0.15) is 4.98 Å². The van der Waals surface area contributed by atoms with Crippen molar-refractivity contribution in [3.8, 4) is 0 Å². The number of nitrogens with zero attached hydrogens (tertiary/aromatic N) is 2. The Bertz CT molecular complexity index is 422. The molecule has 98 valence electrons. The summed E-state index contributed by atoms with van der Waals surface area (Å²) in [4.78, 5) is 15.7. The zero-order chi connectivity index (χ0) is 12.4. The molecule has 1 aliphatic heterocycles. The fourth-order valence-electron chi connectivity index (χ4n) is 2.89. The minimum Gasteiger partial charge on any atom is -0.344 e. The van der Waals surface area contributed by atoms with Crippen LogP contribution in [0.4, 0.5) is 0 Å². The number of carbonyl (C=O) groups excluding carboxylic acids is 1. The molecule has 1 aromatic heterocycles. The molecule has 1 aliphatic carbocycles. The minimum atomic E-state index is -0.0653. The first kappa shape index (κ1) is 11.7. The van der Waals surface area contributed by atoms with Gasteiger partial charge in [-0.3, -0.25) is 4.79 Å². The highest BCUT2D eigenvalue weighted by Crippen LogP contribution is 2.31. The van der Waals surface area contributed by atoms with E-state index in [9.17, 15) is 4.79 Å². The van der Waals surface area contributed by atoms with Crippen molar-refractivity contribution >= 4 is 5.91 Å². The SMILES string of the molecule is O=C1CCC(c2nc(C3CCCCCC3)no2)N1. The zero-order valence-corrected chi connectivity index (χ0v) is 10.5. The molecule has 1 aromatic rings. The van der Waals surface area contributed by atoms with Crippen LogP contribution in [0, 0.1) is 0 Å². The smallest absolute Gasteiger partial charge is 0.249 e. The summed E-state index contributed by atoms with van der Waals surface area (Å²) >= 11 is 0. The third-order valence-corrected chi connectivity index (χ3v) is 3.97. The second-order valence-electron chi connectivity index (χ2n) is 5.34. The van der Waals surface area contributed by atoms with E-state index in [1.54, 1.807) is 0 Å². The molecule has 5 nitrogen and oxygen atoms in total. The summed E-state index contributed by atoms with van der Waals surface area (Å²) in [7, 11) is 0. The van der Waals surface area contributed by atoms with E-state index in [2.05, 4.69) is 15.5 Å². The molecule has 3 rings (SSSR count). The lowest BCUT2D eigenvalue weighted by Gasteiger charge is -2.07. The third kappa shape index (κ3) is 2.40. The maximum atomic E-state index is 11.2. The third-order valence-electron chi connectivity index (χ3n) is 3.97. The molecule has 1 atom stereocenters. The summed E-state index contributed by atoms with van der Waals surface area (Å²) in [5.74, 6) is 1.95. The lowest BCUT2D eigenvalue weighted by molar-refractivity contribution is -0.119. The molecule has 1 N–H and O–H groups in total. The molecule has 1 amide bonds. The van der Waals surface area contributed by atoms with E-state index in [0.717, 1.165) is 25.1 Å². The van der Waals surface area contributed by atoms with Crippen molar-refractivity contribution in [3.05, 3.63) is 11.7 Å². The highest BCUT2D eigenvalue weighted by Gasteiger charge is 2.28. The maximum Gasteiger partial charge on any atom is 0.249 e. The summed E-state index contributed by atoms with van der Waals surface area (Å²) in [6, 6.07) is -0.0653. The Morgan fingerprint density at radius 2 is 1.89 bits per heavy atom. The Labute approximate surface area is 106 Å². The second kappa shape index (κ2) is 5.08. The number of amides is 1. The van der Waals surface area contributed by atoms with Crippen LogP contribution in [0.25, 0.3) is 0 Å². The van der Waals surface area contributed by atoms with Crippen molar-refractivity contribution in [3.63, 3.8) is 0 Å². The van der Waals surface area contributed by atoms with Crippen molar-refractivity contribution in [2.75, 3.05) is 0 Å². The first-order valence-electron chi connectivity index (χ1n) is 6.96. The van der Waals surface area contributed by atoms with Crippen LogP contribution in [-0.4, -0.2) is 16.0 Å². The van der Waals surface area contributed by atoms with Crippen LogP contribution in [0.5, 0.6) is 0 Å². The molecule has 2 fully saturated rings. The van der Waals surface area contributed by atoms with E-state index < -0.39 is 0 Å². The first-order valence-corrected chi connectivity index (χ1v) is 6.96. The number of aromatic nitrogens is 2. The predicted molar refractivity (Wildman–Crippen MR) is 64.9 cm³/mol. The lowest BCUT2D eigenvalue weighted by Crippen LogP contribution is -2.18. The van der Waals surface area contributed by atoms with Gasteiger partial charge < -0.3 is 9.84 Å². The van der Waals surface area contributed by atoms with Gasteiger partial charge in [-0.15, -0.1) is 0 Å². The van der Waals surface area contributed by atoms with Gasteiger partial charge in [0, 0.05) is 12.3 Å². The largest absolute Gasteiger partial charge is 0.344 e. The predicted octanol–water partition coefficient (Wildman–Crippen LogP) is 2.46. The zero-order valence-electron chi connectivity index (χ0n) is 10.5. The van der Waals surface area contributed by atoms with Gasteiger partial charge >= 0.3 is 0 Å². The summed E-state index contributed by atoms with van der Waals surface area (Å²) in [6.45, 7) is 0. The molecule has 0 spiro atoms. The molecule has 1 saturated carbocycles. The Kier molecular flexibility index (Phi) is 3.30. The quantitative estimate of drug-likeness (QED) is 0.817. The highest BCUT2D eigenvalue weighted by molar-refractivity contribution is 5.78. The number of rotatable bonds is 2. The first-order chi connectivity index (χ1) is 8.83. The average Bonchev–Trinajstić information content (AvgIpc) is 2.92. The van der Waals surface area contributed by atoms with E-state index >= 15 is 0 Å². The number of hydrogen-bond acceptors (Lipinski definition) is 4. The molecular weight excluding hydrogens is 230 g/mol. The van der Waals surface area contributed by atoms with Gasteiger partial charge in [0.1, 0.15) is 6.04 Å². The number of nitrogens with one attached hydrogen (secondary N) is 1. The fourth-order valence-corrected chi connectivity index (χ4v) is 2.89. The van der Waals surface area contributed by atoms with E-state index in [-0.39, 0.29) is 11.9 Å². The number of carbonyl (C=O) groups is 1. The monoisotopic (exact) mass is 249 g/mol. The number of hydrogen-bond donors (Lipinski definition) is 1. The van der Waals surface area contributed by atoms with E-state index in [1.807, 2.05) is 0 Å². The normalized spacial score (nSPS) is 26.0. The highest BCUT2D eigenvalue weighted by atomic mass is 16.5. The molecule has 18 heavy (non-hydrogen) atoms. The Balaban J connectivity index is 1.70. The Hall–Kier alpha value is -1.39. The van der Waals surface area contributed by atoms with Crippen molar-refractivity contribution in [1.29, 1.82) is 0 Å². The van der Waals surface area contributed by atoms with Crippen LogP contribution in [-0.2, 0) is 4.79 Å². The van der Waals surface area contributed by atoms with Gasteiger partial charge in [-0.1, -0.05) is 30.8 Å². The summed E-state index contributed by atoms with van der Waals surface area (Å²) in [5.41, 5.74) is 0. The van der Waals surface area contributed by atoms with Crippen LogP contribution >= 0.6 is 0 Å². The molecular formula is C13H19N3O2. The minimum absolute atomic E-state index is 0.0653.